The van der Waals surface area contributed by atoms with Crippen molar-refractivity contribution in [1.29, 1.82) is 0 Å². The van der Waals surface area contributed by atoms with Crippen LogP contribution in [0.2, 0.25) is 0 Å². The van der Waals surface area contributed by atoms with Crippen LogP contribution in [-0.2, 0) is 9.53 Å². The number of anilines is 2. The van der Waals surface area contributed by atoms with E-state index in [9.17, 15) is 14.9 Å². The lowest BCUT2D eigenvalue weighted by molar-refractivity contribution is -0.383. The molecule has 2 heterocycles. The minimum atomic E-state index is -0.524. The molecule has 2 aromatic rings. The number of nitrogens with one attached hydrogen (secondary N) is 1. The number of carbonyl (C=O) groups is 1. The van der Waals surface area contributed by atoms with E-state index in [-0.39, 0.29) is 35.2 Å². The zero-order valence-corrected chi connectivity index (χ0v) is 16.4. The molecule has 1 N–H and O–H groups in total. The summed E-state index contributed by atoms with van der Waals surface area (Å²) in [5, 5.41) is 14.3. The van der Waals surface area contributed by atoms with Crippen LogP contribution in [0.1, 0.15) is 13.8 Å². The molecular weight excluding hydrogens is 382 g/mol. The van der Waals surface area contributed by atoms with Crippen molar-refractivity contribution < 1.29 is 14.5 Å². The molecule has 148 valence electrons. The average molecular weight is 403 g/mol. The summed E-state index contributed by atoms with van der Waals surface area (Å²) in [6.45, 7) is 5.52. The second kappa shape index (κ2) is 8.98. The molecule has 0 bridgehead atoms. The number of nitro groups is 1. The second-order valence-electron chi connectivity index (χ2n) is 6.49. The lowest BCUT2D eigenvalue weighted by atomic mass is 10.2. The van der Waals surface area contributed by atoms with Crippen LogP contribution in [0.5, 0.6) is 0 Å². The van der Waals surface area contributed by atoms with Crippen molar-refractivity contribution >= 4 is 34.9 Å². The minimum Gasteiger partial charge on any atom is -0.372 e. The first-order chi connectivity index (χ1) is 13.4. The van der Waals surface area contributed by atoms with Crippen molar-refractivity contribution in [2.24, 2.45) is 0 Å². The Morgan fingerprint density at radius 3 is 2.75 bits per heavy atom. The van der Waals surface area contributed by atoms with Gasteiger partial charge in [-0.3, -0.25) is 14.9 Å². The maximum absolute atomic E-state index is 12.2. The highest BCUT2D eigenvalue weighted by Gasteiger charge is 2.23. The topological polar surface area (TPSA) is 110 Å². The van der Waals surface area contributed by atoms with E-state index in [1.165, 1.54) is 30.2 Å². The van der Waals surface area contributed by atoms with Crippen molar-refractivity contribution in [3.8, 4) is 0 Å². The van der Waals surface area contributed by atoms with E-state index < -0.39 is 4.92 Å². The second-order valence-corrected chi connectivity index (χ2v) is 7.48. The fourth-order valence-electron chi connectivity index (χ4n) is 3.01. The summed E-state index contributed by atoms with van der Waals surface area (Å²) in [7, 11) is 0. The smallest absolute Gasteiger partial charge is 0.292 e. The number of para-hydroxylation sites is 2. The summed E-state index contributed by atoms with van der Waals surface area (Å²) in [6.07, 6.45) is 1.70. The van der Waals surface area contributed by atoms with E-state index >= 15 is 0 Å². The van der Waals surface area contributed by atoms with Crippen molar-refractivity contribution in [3.05, 3.63) is 46.8 Å². The predicted octanol–water partition coefficient (Wildman–Crippen LogP) is 2.73. The number of nitrogens with zero attached hydrogens (tertiary/aromatic N) is 4. The number of amides is 1. The number of thioether (sulfide) groups is 1. The van der Waals surface area contributed by atoms with Gasteiger partial charge in [-0.05, 0) is 19.9 Å². The van der Waals surface area contributed by atoms with E-state index in [1.807, 2.05) is 19.9 Å². The van der Waals surface area contributed by atoms with Crippen LogP contribution in [-0.4, -0.2) is 51.8 Å². The van der Waals surface area contributed by atoms with Crippen molar-refractivity contribution in [3.63, 3.8) is 0 Å². The Morgan fingerprint density at radius 1 is 1.32 bits per heavy atom. The number of ether oxygens (including phenoxy) is 1. The number of hydrogen-bond donors (Lipinski definition) is 1. The number of hydrogen-bond acceptors (Lipinski definition) is 8. The van der Waals surface area contributed by atoms with Crippen molar-refractivity contribution in [2.75, 3.05) is 29.1 Å². The molecule has 1 aliphatic rings. The molecule has 1 fully saturated rings. The third kappa shape index (κ3) is 5.17. The highest BCUT2D eigenvalue weighted by Crippen LogP contribution is 2.25. The molecule has 1 amide bonds. The first kappa shape index (κ1) is 20.0. The molecule has 28 heavy (non-hydrogen) atoms. The van der Waals surface area contributed by atoms with Gasteiger partial charge in [-0.1, -0.05) is 23.9 Å². The van der Waals surface area contributed by atoms with Gasteiger partial charge in [0.05, 0.1) is 22.9 Å². The number of rotatable bonds is 6. The van der Waals surface area contributed by atoms with Gasteiger partial charge >= 0.3 is 0 Å². The molecule has 1 aromatic heterocycles. The lowest BCUT2D eigenvalue weighted by Gasteiger charge is -2.36. The van der Waals surface area contributed by atoms with Crippen LogP contribution in [0.4, 0.5) is 17.2 Å². The van der Waals surface area contributed by atoms with Crippen LogP contribution in [0.15, 0.2) is 41.7 Å². The molecule has 0 saturated carbocycles. The minimum absolute atomic E-state index is 0.0818. The highest BCUT2D eigenvalue weighted by molar-refractivity contribution is 7.99. The highest BCUT2D eigenvalue weighted by atomic mass is 32.2. The molecule has 2 atom stereocenters. The molecule has 0 spiro atoms. The molecule has 1 saturated heterocycles. The fourth-order valence-corrected chi connectivity index (χ4v) is 3.67. The SMILES string of the molecule is CC1CN(c2cc(SCC(=O)Nc3ccccc3[N+](=O)[O-])ncn2)CC(C)O1. The average Bonchev–Trinajstić information content (AvgIpc) is 2.66. The summed E-state index contributed by atoms with van der Waals surface area (Å²) in [5.74, 6) is 0.532. The number of aromatic nitrogens is 2. The van der Waals surface area contributed by atoms with Gasteiger partial charge in [-0.2, -0.15) is 0 Å². The van der Waals surface area contributed by atoms with Gasteiger partial charge in [-0.25, -0.2) is 9.97 Å². The first-order valence-corrected chi connectivity index (χ1v) is 9.79. The molecule has 2 unspecified atom stereocenters. The Hall–Kier alpha value is -2.72. The summed E-state index contributed by atoms with van der Waals surface area (Å²) in [5.41, 5.74) is 0.0403. The summed E-state index contributed by atoms with van der Waals surface area (Å²) in [6, 6.07) is 7.89. The van der Waals surface area contributed by atoms with Crippen molar-refractivity contribution in [1.82, 2.24) is 9.97 Å². The monoisotopic (exact) mass is 403 g/mol. The molecule has 1 aliphatic heterocycles. The Kier molecular flexibility index (Phi) is 6.42. The van der Waals surface area contributed by atoms with Gasteiger partial charge in [0.2, 0.25) is 5.91 Å². The van der Waals surface area contributed by atoms with Crippen LogP contribution in [0.3, 0.4) is 0 Å². The van der Waals surface area contributed by atoms with Crippen LogP contribution >= 0.6 is 11.8 Å². The van der Waals surface area contributed by atoms with Crippen LogP contribution in [0, 0.1) is 10.1 Å². The van der Waals surface area contributed by atoms with Gasteiger partial charge in [-0.15, -0.1) is 0 Å². The normalized spacial score (nSPS) is 19.3. The molecule has 0 radical (unpaired) electrons. The van der Waals surface area contributed by atoms with Gasteiger partial charge < -0.3 is 15.0 Å². The molecule has 10 heteroatoms. The number of morpholine rings is 1. The first-order valence-electron chi connectivity index (χ1n) is 8.81. The van der Waals surface area contributed by atoms with E-state index in [0.29, 0.717) is 5.03 Å². The van der Waals surface area contributed by atoms with Gasteiger partial charge in [0, 0.05) is 25.2 Å². The van der Waals surface area contributed by atoms with Gasteiger partial charge in [0.1, 0.15) is 22.9 Å². The molecule has 3 rings (SSSR count). The van der Waals surface area contributed by atoms with E-state index in [1.54, 1.807) is 12.1 Å². The summed E-state index contributed by atoms with van der Waals surface area (Å²) < 4.78 is 5.74. The van der Waals surface area contributed by atoms with E-state index in [4.69, 9.17) is 4.74 Å². The Morgan fingerprint density at radius 2 is 2.04 bits per heavy atom. The quantitative estimate of drug-likeness (QED) is 0.339. The van der Waals surface area contributed by atoms with Gasteiger partial charge in [0.15, 0.2) is 0 Å². The Bertz CT molecular complexity index is 855. The maximum Gasteiger partial charge on any atom is 0.292 e. The molecular formula is C18H21N5O4S. The molecule has 1 aromatic carbocycles. The summed E-state index contributed by atoms with van der Waals surface area (Å²) in [4.78, 5) is 33.4. The van der Waals surface area contributed by atoms with Gasteiger partial charge in [0.25, 0.3) is 5.69 Å². The predicted molar refractivity (Wildman–Crippen MR) is 107 cm³/mol. The third-order valence-electron chi connectivity index (χ3n) is 4.10. The molecule has 0 aliphatic carbocycles. The number of carbonyl (C=O) groups excluding carboxylic acids is 1. The maximum atomic E-state index is 12.2. The number of benzene rings is 1. The molecule has 9 nitrogen and oxygen atoms in total. The lowest BCUT2D eigenvalue weighted by Crippen LogP contribution is -2.45. The van der Waals surface area contributed by atoms with Crippen LogP contribution < -0.4 is 10.2 Å². The van der Waals surface area contributed by atoms with E-state index in [0.717, 1.165) is 18.9 Å². The van der Waals surface area contributed by atoms with Crippen molar-refractivity contribution in [2.45, 2.75) is 31.1 Å². The Labute approximate surface area is 166 Å². The number of nitro benzene ring substituents is 1. The Balaban J connectivity index is 1.61. The zero-order chi connectivity index (χ0) is 20.1. The van der Waals surface area contributed by atoms with E-state index in [2.05, 4.69) is 20.2 Å². The summed E-state index contributed by atoms with van der Waals surface area (Å²) >= 11 is 1.25. The standard InChI is InChI=1S/C18H21N5O4S/c1-12-8-22(9-13(2)27-12)16-7-18(20-11-19-16)28-10-17(24)21-14-5-3-4-6-15(14)23(25)26/h3-7,11-13H,8-10H2,1-2H3,(H,21,24). The zero-order valence-electron chi connectivity index (χ0n) is 15.6. The largest absolute Gasteiger partial charge is 0.372 e. The third-order valence-corrected chi connectivity index (χ3v) is 5.02. The fraction of sp³-hybridized carbons (Fsp3) is 0.389. The van der Waals surface area contributed by atoms with Crippen LogP contribution in [0.25, 0.3) is 0 Å².